The SMILES string of the molecule is CCn1c(SCC(=O)Nc2cc(F)cc(F)c2)nnc1-c1cccc(C)c1. The van der Waals surface area contributed by atoms with E-state index in [-0.39, 0.29) is 17.3 Å². The van der Waals surface area contributed by atoms with Gasteiger partial charge in [0, 0.05) is 23.9 Å². The Bertz CT molecular complexity index is 954. The van der Waals surface area contributed by atoms with Crippen LogP contribution in [0.25, 0.3) is 11.4 Å². The van der Waals surface area contributed by atoms with Gasteiger partial charge >= 0.3 is 0 Å². The molecule has 1 N–H and O–H groups in total. The predicted octanol–water partition coefficient (Wildman–Crippen LogP) is 4.28. The van der Waals surface area contributed by atoms with Gasteiger partial charge in [-0.25, -0.2) is 8.78 Å². The molecule has 0 bridgehead atoms. The van der Waals surface area contributed by atoms with Crippen LogP contribution in [0.5, 0.6) is 0 Å². The number of hydrogen-bond donors (Lipinski definition) is 1. The first kappa shape index (κ1) is 19.0. The van der Waals surface area contributed by atoms with Gasteiger partial charge in [-0.3, -0.25) is 4.79 Å². The van der Waals surface area contributed by atoms with Crippen LogP contribution in [0.2, 0.25) is 0 Å². The number of carbonyl (C=O) groups excluding carboxylic acids is 1. The highest BCUT2D eigenvalue weighted by atomic mass is 32.2. The average molecular weight is 388 g/mol. The van der Waals surface area contributed by atoms with Gasteiger partial charge in [0.05, 0.1) is 5.75 Å². The Labute approximate surface area is 159 Å². The Morgan fingerprint density at radius 1 is 1.15 bits per heavy atom. The number of rotatable bonds is 6. The first-order chi connectivity index (χ1) is 13.0. The zero-order valence-corrected chi connectivity index (χ0v) is 15.7. The summed E-state index contributed by atoms with van der Waals surface area (Å²) in [5.41, 5.74) is 2.15. The molecule has 1 amide bonds. The summed E-state index contributed by atoms with van der Waals surface area (Å²) in [4.78, 5) is 12.1. The van der Waals surface area contributed by atoms with Gasteiger partial charge < -0.3 is 9.88 Å². The standard InChI is InChI=1S/C19H18F2N4OS/c1-3-25-18(13-6-4-5-12(2)7-13)23-24-19(25)27-11-17(26)22-16-9-14(20)8-15(21)10-16/h4-10H,3,11H2,1-2H3,(H,22,26). The minimum Gasteiger partial charge on any atom is -0.325 e. The number of thioether (sulfide) groups is 1. The quantitative estimate of drug-likeness (QED) is 0.640. The Kier molecular flexibility index (Phi) is 5.85. The summed E-state index contributed by atoms with van der Waals surface area (Å²) >= 11 is 1.22. The van der Waals surface area contributed by atoms with Crippen molar-refractivity contribution in [2.24, 2.45) is 0 Å². The van der Waals surface area contributed by atoms with E-state index < -0.39 is 11.6 Å². The van der Waals surface area contributed by atoms with Gasteiger partial charge in [0.15, 0.2) is 11.0 Å². The second-order valence-electron chi connectivity index (χ2n) is 5.91. The maximum absolute atomic E-state index is 13.2. The summed E-state index contributed by atoms with van der Waals surface area (Å²) in [6, 6.07) is 10.8. The molecule has 140 valence electrons. The summed E-state index contributed by atoms with van der Waals surface area (Å²) in [7, 11) is 0. The summed E-state index contributed by atoms with van der Waals surface area (Å²) in [6.07, 6.45) is 0. The van der Waals surface area contributed by atoms with Gasteiger partial charge in [-0.05, 0) is 32.0 Å². The zero-order valence-electron chi connectivity index (χ0n) is 14.9. The van der Waals surface area contributed by atoms with Crippen molar-refractivity contribution in [1.82, 2.24) is 14.8 Å². The molecule has 0 atom stereocenters. The third-order valence-electron chi connectivity index (χ3n) is 3.79. The van der Waals surface area contributed by atoms with E-state index >= 15 is 0 Å². The molecule has 0 aliphatic rings. The number of aryl methyl sites for hydroxylation is 1. The number of hydrogen-bond acceptors (Lipinski definition) is 4. The molecule has 2 aromatic carbocycles. The summed E-state index contributed by atoms with van der Waals surface area (Å²) in [5.74, 6) is -1.09. The minimum absolute atomic E-state index is 0.0457. The van der Waals surface area contributed by atoms with Gasteiger partial charge in [0.1, 0.15) is 11.6 Å². The Balaban J connectivity index is 1.70. The largest absolute Gasteiger partial charge is 0.325 e. The maximum Gasteiger partial charge on any atom is 0.234 e. The third-order valence-corrected chi connectivity index (χ3v) is 4.75. The zero-order chi connectivity index (χ0) is 19.4. The first-order valence-corrected chi connectivity index (χ1v) is 9.34. The van der Waals surface area contributed by atoms with E-state index in [1.54, 1.807) is 0 Å². The molecule has 1 heterocycles. The molecule has 5 nitrogen and oxygen atoms in total. The average Bonchev–Trinajstić information content (AvgIpc) is 3.02. The van der Waals surface area contributed by atoms with E-state index in [0.29, 0.717) is 11.7 Å². The van der Waals surface area contributed by atoms with Crippen LogP contribution in [-0.2, 0) is 11.3 Å². The van der Waals surface area contributed by atoms with Crippen LogP contribution in [0.1, 0.15) is 12.5 Å². The number of aromatic nitrogens is 3. The van der Waals surface area contributed by atoms with E-state index in [2.05, 4.69) is 15.5 Å². The van der Waals surface area contributed by atoms with Crippen LogP contribution in [0.15, 0.2) is 47.6 Å². The maximum atomic E-state index is 13.2. The molecule has 0 fully saturated rings. The number of carbonyl (C=O) groups is 1. The van der Waals surface area contributed by atoms with Crippen molar-refractivity contribution in [1.29, 1.82) is 0 Å². The highest BCUT2D eigenvalue weighted by Crippen LogP contribution is 2.24. The number of amides is 1. The fourth-order valence-electron chi connectivity index (χ4n) is 2.63. The fraction of sp³-hybridized carbons (Fsp3) is 0.211. The number of nitrogens with zero attached hydrogens (tertiary/aromatic N) is 3. The number of halogens is 2. The fourth-order valence-corrected chi connectivity index (χ4v) is 3.43. The second-order valence-corrected chi connectivity index (χ2v) is 6.86. The normalized spacial score (nSPS) is 10.8. The van der Waals surface area contributed by atoms with E-state index in [1.807, 2.05) is 42.7 Å². The molecule has 27 heavy (non-hydrogen) atoms. The van der Waals surface area contributed by atoms with Crippen LogP contribution < -0.4 is 5.32 Å². The van der Waals surface area contributed by atoms with Crippen LogP contribution in [0, 0.1) is 18.6 Å². The Morgan fingerprint density at radius 3 is 2.56 bits per heavy atom. The van der Waals surface area contributed by atoms with Crippen LogP contribution in [0.4, 0.5) is 14.5 Å². The van der Waals surface area contributed by atoms with Crippen molar-refractivity contribution in [2.75, 3.05) is 11.1 Å². The summed E-state index contributed by atoms with van der Waals surface area (Å²) < 4.78 is 28.3. The highest BCUT2D eigenvalue weighted by molar-refractivity contribution is 7.99. The molecule has 0 aliphatic heterocycles. The lowest BCUT2D eigenvalue weighted by molar-refractivity contribution is -0.113. The molecule has 8 heteroatoms. The molecular weight excluding hydrogens is 370 g/mol. The van der Waals surface area contributed by atoms with Crippen molar-refractivity contribution in [3.63, 3.8) is 0 Å². The van der Waals surface area contributed by atoms with Crippen molar-refractivity contribution >= 4 is 23.4 Å². The molecule has 0 radical (unpaired) electrons. The summed E-state index contributed by atoms with van der Waals surface area (Å²) in [5, 5.41) is 11.5. The second kappa shape index (κ2) is 8.30. The van der Waals surface area contributed by atoms with E-state index in [1.165, 1.54) is 11.8 Å². The monoisotopic (exact) mass is 388 g/mol. The molecule has 0 saturated carbocycles. The van der Waals surface area contributed by atoms with Crippen molar-refractivity contribution < 1.29 is 13.6 Å². The van der Waals surface area contributed by atoms with Gasteiger partial charge in [-0.1, -0.05) is 35.5 Å². The minimum atomic E-state index is -0.744. The van der Waals surface area contributed by atoms with Crippen LogP contribution >= 0.6 is 11.8 Å². The lowest BCUT2D eigenvalue weighted by atomic mass is 10.1. The lowest BCUT2D eigenvalue weighted by Crippen LogP contribution is -2.15. The highest BCUT2D eigenvalue weighted by Gasteiger charge is 2.15. The van der Waals surface area contributed by atoms with Crippen LogP contribution in [0.3, 0.4) is 0 Å². The van der Waals surface area contributed by atoms with E-state index in [4.69, 9.17) is 0 Å². The molecule has 3 aromatic rings. The van der Waals surface area contributed by atoms with Gasteiger partial charge in [-0.15, -0.1) is 10.2 Å². The smallest absolute Gasteiger partial charge is 0.234 e. The van der Waals surface area contributed by atoms with Crippen molar-refractivity contribution in [3.05, 3.63) is 59.7 Å². The molecule has 0 saturated heterocycles. The first-order valence-electron chi connectivity index (χ1n) is 8.35. The third kappa shape index (κ3) is 4.71. The topological polar surface area (TPSA) is 59.8 Å². The number of anilines is 1. The molecule has 0 unspecified atom stereocenters. The number of benzene rings is 2. The number of nitrogens with one attached hydrogen (secondary N) is 1. The molecular formula is C19H18F2N4OS. The Morgan fingerprint density at radius 2 is 1.89 bits per heavy atom. The van der Waals surface area contributed by atoms with Crippen molar-refractivity contribution in [3.8, 4) is 11.4 Å². The molecule has 0 spiro atoms. The van der Waals surface area contributed by atoms with Gasteiger partial charge in [-0.2, -0.15) is 0 Å². The van der Waals surface area contributed by atoms with Crippen molar-refractivity contribution in [2.45, 2.75) is 25.5 Å². The van der Waals surface area contributed by atoms with E-state index in [9.17, 15) is 13.6 Å². The molecule has 0 aliphatic carbocycles. The Hall–Kier alpha value is -2.74. The molecule has 3 rings (SSSR count). The van der Waals surface area contributed by atoms with Crippen LogP contribution in [-0.4, -0.2) is 26.4 Å². The molecule has 1 aromatic heterocycles. The van der Waals surface area contributed by atoms with E-state index in [0.717, 1.165) is 35.2 Å². The predicted molar refractivity (Wildman–Crippen MR) is 102 cm³/mol. The lowest BCUT2D eigenvalue weighted by Gasteiger charge is -2.08. The van der Waals surface area contributed by atoms with Gasteiger partial charge in [0.25, 0.3) is 0 Å². The summed E-state index contributed by atoms with van der Waals surface area (Å²) in [6.45, 7) is 4.63. The van der Waals surface area contributed by atoms with Gasteiger partial charge in [0.2, 0.25) is 5.91 Å².